The smallest absolute Gasteiger partial charge is 0.243 e. The first-order chi connectivity index (χ1) is 15.5. The molecule has 2 atom stereocenters. The highest BCUT2D eigenvalue weighted by Gasteiger charge is 2.25. The Hall–Kier alpha value is -3.38. The number of ether oxygens (including phenoxy) is 2. The van der Waals surface area contributed by atoms with Crippen molar-refractivity contribution >= 4 is 17.7 Å². The van der Waals surface area contributed by atoms with E-state index in [1.165, 1.54) is 0 Å². The highest BCUT2D eigenvalue weighted by molar-refractivity contribution is 5.85. The molecule has 0 spiro atoms. The minimum atomic E-state index is -0.829. The molecule has 2 N–H and O–H groups in total. The summed E-state index contributed by atoms with van der Waals surface area (Å²) in [7, 11) is 1.54. The maximum atomic E-state index is 13.2. The van der Waals surface area contributed by atoms with E-state index < -0.39 is 12.1 Å². The van der Waals surface area contributed by atoms with Crippen LogP contribution in [0.3, 0.4) is 0 Å². The highest BCUT2D eigenvalue weighted by Crippen LogP contribution is 2.25. The average Bonchev–Trinajstić information content (AvgIpc) is 2.82. The number of carbonyl (C=O) groups excluding carboxylic acids is 1. The van der Waals surface area contributed by atoms with Crippen molar-refractivity contribution in [1.82, 2.24) is 15.3 Å². The Bertz CT molecular complexity index is 939. The quantitative estimate of drug-likeness (QED) is 0.614. The molecule has 1 amide bonds. The van der Waals surface area contributed by atoms with Crippen LogP contribution in [0.15, 0.2) is 36.5 Å². The topological polar surface area (TPSA) is 112 Å². The van der Waals surface area contributed by atoms with E-state index in [0.29, 0.717) is 42.7 Å². The zero-order valence-corrected chi connectivity index (χ0v) is 18.7. The molecule has 170 valence electrons. The van der Waals surface area contributed by atoms with Gasteiger partial charge >= 0.3 is 0 Å². The first kappa shape index (κ1) is 23.3. The van der Waals surface area contributed by atoms with Gasteiger partial charge in [-0.15, -0.1) is 0 Å². The van der Waals surface area contributed by atoms with Crippen molar-refractivity contribution < 1.29 is 14.3 Å². The van der Waals surface area contributed by atoms with E-state index in [1.54, 1.807) is 31.5 Å². The monoisotopic (exact) mass is 438 g/mol. The largest absolute Gasteiger partial charge is 0.496 e. The van der Waals surface area contributed by atoms with Crippen LogP contribution < -0.4 is 20.3 Å². The molecule has 0 saturated carbocycles. The van der Waals surface area contributed by atoms with Crippen LogP contribution in [0.1, 0.15) is 31.9 Å². The van der Waals surface area contributed by atoms with Gasteiger partial charge in [-0.1, -0.05) is 32.0 Å². The first-order valence-corrected chi connectivity index (χ1v) is 10.8. The van der Waals surface area contributed by atoms with Crippen molar-refractivity contribution in [2.24, 2.45) is 5.92 Å². The van der Waals surface area contributed by atoms with Gasteiger partial charge in [-0.3, -0.25) is 4.79 Å². The molecule has 1 aliphatic heterocycles. The standard InChI is InChI=1S/C23H30N6O3/c1-16(2)14-18(22(30)27-19(15-24)17-6-4-5-7-20(17)31-3)26-21-8-9-25-23(28-21)29-10-12-32-13-11-29/h4-9,16,18-19H,10-14H2,1-3H3,(H,27,30)(H,25,26,28)/t18-,19?/m0/s1. The number of nitrogens with zero attached hydrogens (tertiary/aromatic N) is 4. The lowest BCUT2D eigenvalue weighted by molar-refractivity contribution is -0.122. The molecule has 1 aliphatic rings. The van der Waals surface area contributed by atoms with Crippen LogP contribution in [0.5, 0.6) is 5.75 Å². The lowest BCUT2D eigenvalue weighted by atomic mass is 10.0. The maximum absolute atomic E-state index is 13.2. The average molecular weight is 439 g/mol. The number of amides is 1. The molecule has 1 aromatic heterocycles. The number of morpholine rings is 1. The number of rotatable bonds is 9. The molecule has 9 heteroatoms. The van der Waals surface area contributed by atoms with E-state index in [-0.39, 0.29) is 11.8 Å². The van der Waals surface area contributed by atoms with Crippen molar-refractivity contribution in [3.05, 3.63) is 42.1 Å². The number of benzene rings is 1. The van der Waals surface area contributed by atoms with Crippen molar-refractivity contribution in [2.75, 3.05) is 43.6 Å². The zero-order chi connectivity index (χ0) is 22.9. The molecular weight excluding hydrogens is 408 g/mol. The Balaban J connectivity index is 1.76. The SMILES string of the molecule is COc1ccccc1C(C#N)NC(=O)[C@H](CC(C)C)Nc1ccnc(N2CCOCC2)n1. The number of carbonyl (C=O) groups is 1. The van der Waals surface area contributed by atoms with E-state index in [9.17, 15) is 10.1 Å². The Kier molecular flexibility index (Phi) is 8.22. The number of nitriles is 1. The first-order valence-electron chi connectivity index (χ1n) is 10.8. The molecule has 1 aromatic carbocycles. The third kappa shape index (κ3) is 6.08. The van der Waals surface area contributed by atoms with Crippen LogP contribution in [0.25, 0.3) is 0 Å². The fraction of sp³-hybridized carbons (Fsp3) is 0.478. The molecule has 0 bridgehead atoms. The summed E-state index contributed by atoms with van der Waals surface area (Å²) in [6, 6.07) is 9.69. The van der Waals surface area contributed by atoms with Gasteiger partial charge in [0.1, 0.15) is 23.7 Å². The van der Waals surface area contributed by atoms with Crippen LogP contribution in [0.4, 0.5) is 11.8 Å². The minimum Gasteiger partial charge on any atom is -0.496 e. The molecule has 1 unspecified atom stereocenters. The molecule has 1 saturated heterocycles. The number of hydrogen-bond acceptors (Lipinski definition) is 8. The fourth-order valence-corrected chi connectivity index (χ4v) is 3.55. The summed E-state index contributed by atoms with van der Waals surface area (Å²) >= 11 is 0. The van der Waals surface area contributed by atoms with Crippen LogP contribution in [-0.4, -0.2) is 55.3 Å². The summed E-state index contributed by atoms with van der Waals surface area (Å²) in [6.45, 7) is 6.81. The number of aromatic nitrogens is 2. The summed E-state index contributed by atoms with van der Waals surface area (Å²) in [5.74, 6) is 1.70. The summed E-state index contributed by atoms with van der Waals surface area (Å²) in [4.78, 5) is 24.2. The predicted octanol–water partition coefficient (Wildman–Crippen LogP) is 2.53. The van der Waals surface area contributed by atoms with Gasteiger partial charge in [0.05, 0.1) is 26.4 Å². The zero-order valence-electron chi connectivity index (χ0n) is 18.7. The van der Waals surface area contributed by atoms with Crippen LogP contribution in [0.2, 0.25) is 0 Å². The molecule has 2 heterocycles. The van der Waals surface area contributed by atoms with Crippen molar-refractivity contribution in [1.29, 1.82) is 5.26 Å². The van der Waals surface area contributed by atoms with Crippen molar-refractivity contribution in [3.8, 4) is 11.8 Å². The van der Waals surface area contributed by atoms with Gasteiger partial charge in [0.15, 0.2) is 0 Å². The summed E-state index contributed by atoms with van der Waals surface area (Å²) < 4.78 is 10.7. The Morgan fingerprint density at radius 2 is 2.03 bits per heavy atom. The van der Waals surface area contributed by atoms with E-state index >= 15 is 0 Å². The van der Waals surface area contributed by atoms with Gasteiger partial charge in [-0.05, 0) is 24.5 Å². The third-order valence-electron chi connectivity index (χ3n) is 5.15. The molecule has 1 fully saturated rings. The lowest BCUT2D eigenvalue weighted by Crippen LogP contribution is -2.42. The van der Waals surface area contributed by atoms with Gasteiger partial charge in [0, 0.05) is 24.8 Å². The molecule has 3 rings (SSSR count). The van der Waals surface area contributed by atoms with Gasteiger partial charge in [-0.25, -0.2) is 4.98 Å². The number of anilines is 2. The van der Waals surface area contributed by atoms with E-state index in [0.717, 1.165) is 13.1 Å². The molecule has 0 aliphatic carbocycles. The number of hydrogen-bond donors (Lipinski definition) is 2. The number of methoxy groups -OCH3 is 1. The second-order valence-electron chi connectivity index (χ2n) is 7.98. The maximum Gasteiger partial charge on any atom is 0.243 e. The highest BCUT2D eigenvalue weighted by atomic mass is 16.5. The van der Waals surface area contributed by atoms with Crippen LogP contribution in [-0.2, 0) is 9.53 Å². The fourth-order valence-electron chi connectivity index (χ4n) is 3.55. The third-order valence-corrected chi connectivity index (χ3v) is 5.15. The summed E-state index contributed by atoms with van der Waals surface area (Å²) in [5.41, 5.74) is 0.616. The van der Waals surface area contributed by atoms with Gasteiger partial charge < -0.3 is 25.0 Å². The minimum absolute atomic E-state index is 0.255. The van der Waals surface area contributed by atoms with E-state index in [4.69, 9.17) is 9.47 Å². The molecule has 32 heavy (non-hydrogen) atoms. The predicted molar refractivity (Wildman–Crippen MR) is 121 cm³/mol. The van der Waals surface area contributed by atoms with Gasteiger partial charge in [0.2, 0.25) is 11.9 Å². The number of nitrogens with one attached hydrogen (secondary N) is 2. The summed E-state index contributed by atoms with van der Waals surface area (Å²) in [6.07, 6.45) is 2.25. The second kappa shape index (κ2) is 11.3. The molecule has 2 aromatic rings. The van der Waals surface area contributed by atoms with Gasteiger partial charge in [-0.2, -0.15) is 10.2 Å². The molecular formula is C23H30N6O3. The van der Waals surface area contributed by atoms with Gasteiger partial charge in [0.25, 0.3) is 0 Å². The summed E-state index contributed by atoms with van der Waals surface area (Å²) in [5, 5.41) is 15.8. The normalized spacial score (nSPS) is 15.5. The number of para-hydroxylation sites is 1. The van der Waals surface area contributed by atoms with Crippen LogP contribution >= 0.6 is 0 Å². The second-order valence-corrected chi connectivity index (χ2v) is 7.98. The van der Waals surface area contributed by atoms with E-state index in [2.05, 4.69) is 31.6 Å². The lowest BCUT2D eigenvalue weighted by Gasteiger charge is -2.27. The molecule has 9 nitrogen and oxygen atoms in total. The van der Waals surface area contributed by atoms with Crippen molar-refractivity contribution in [2.45, 2.75) is 32.4 Å². The Morgan fingerprint density at radius 1 is 1.28 bits per heavy atom. The van der Waals surface area contributed by atoms with Crippen LogP contribution in [0, 0.1) is 17.2 Å². The Morgan fingerprint density at radius 3 is 2.72 bits per heavy atom. The molecule has 0 radical (unpaired) electrons. The van der Waals surface area contributed by atoms with E-state index in [1.807, 2.05) is 26.0 Å². The Labute approximate surface area is 188 Å². The van der Waals surface area contributed by atoms with Crippen molar-refractivity contribution in [3.63, 3.8) is 0 Å².